The summed E-state index contributed by atoms with van der Waals surface area (Å²) in [4.78, 5) is 40.6. The molecule has 1 aromatic heterocycles. The Morgan fingerprint density at radius 1 is 1.03 bits per heavy atom. The van der Waals surface area contributed by atoms with Crippen LogP contribution >= 0.6 is 0 Å². The molecule has 1 aromatic carbocycles. The fraction of sp³-hybridized carbons (Fsp3) is 0.333. The fourth-order valence-electron chi connectivity index (χ4n) is 3.42. The van der Waals surface area contributed by atoms with Crippen molar-refractivity contribution in [3.63, 3.8) is 0 Å². The van der Waals surface area contributed by atoms with Gasteiger partial charge in [0.05, 0.1) is 25.3 Å². The van der Waals surface area contributed by atoms with Gasteiger partial charge in [0.2, 0.25) is 15.9 Å². The molecule has 0 aliphatic carbocycles. The maximum Gasteiger partial charge on any atom is 0.337 e. The van der Waals surface area contributed by atoms with Crippen molar-refractivity contribution in [2.75, 3.05) is 32.6 Å². The molecule has 0 radical (unpaired) electrons. The first-order valence-electron chi connectivity index (χ1n) is 9.79. The van der Waals surface area contributed by atoms with E-state index < -0.39 is 27.9 Å². The first-order chi connectivity index (χ1) is 15.3. The van der Waals surface area contributed by atoms with Crippen LogP contribution in [0, 0.1) is 5.92 Å². The number of hydrogen-bond donors (Lipinski definition) is 1. The van der Waals surface area contributed by atoms with Crippen LogP contribution in [0.5, 0.6) is 0 Å². The lowest BCUT2D eigenvalue weighted by Gasteiger charge is -2.30. The number of pyridine rings is 1. The van der Waals surface area contributed by atoms with Crippen molar-refractivity contribution in [1.29, 1.82) is 0 Å². The molecule has 32 heavy (non-hydrogen) atoms. The number of hydrogen-bond acceptors (Lipinski definition) is 8. The molecule has 3 rings (SSSR count). The molecule has 1 aliphatic heterocycles. The van der Waals surface area contributed by atoms with E-state index in [4.69, 9.17) is 9.47 Å². The van der Waals surface area contributed by atoms with E-state index in [1.807, 2.05) is 0 Å². The van der Waals surface area contributed by atoms with Crippen molar-refractivity contribution in [2.24, 2.45) is 5.92 Å². The summed E-state index contributed by atoms with van der Waals surface area (Å²) in [5.41, 5.74) is 0.412. The normalized spacial score (nSPS) is 15.1. The zero-order valence-electron chi connectivity index (χ0n) is 17.6. The van der Waals surface area contributed by atoms with E-state index in [1.54, 1.807) is 6.07 Å². The standard InChI is InChI=1S/C21H23N3O7S/c1-30-20(26)15-10-16(21(27)31-2)12-17(11-15)23-19(25)14-5-8-24(9-6-14)32(28,29)18-4-3-7-22-13-18/h3-4,7,10-14H,5-6,8-9H2,1-2H3,(H,23,25). The number of rotatable bonds is 6. The Hall–Kier alpha value is -3.31. The number of carbonyl (C=O) groups is 3. The first kappa shape index (κ1) is 23.4. The Balaban J connectivity index is 1.70. The second-order valence-electron chi connectivity index (χ2n) is 7.14. The number of benzene rings is 1. The summed E-state index contributed by atoms with van der Waals surface area (Å²) in [5, 5.41) is 2.70. The molecule has 0 bridgehead atoms. The van der Waals surface area contributed by atoms with Crippen molar-refractivity contribution >= 4 is 33.6 Å². The van der Waals surface area contributed by atoms with Gasteiger partial charge in [-0.1, -0.05) is 0 Å². The summed E-state index contributed by atoms with van der Waals surface area (Å²) in [5.74, 6) is -2.10. The highest BCUT2D eigenvalue weighted by Gasteiger charge is 2.32. The summed E-state index contributed by atoms with van der Waals surface area (Å²) in [6, 6.07) is 7.15. The average Bonchev–Trinajstić information content (AvgIpc) is 2.83. The van der Waals surface area contributed by atoms with Gasteiger partial charge in [0.1, 0.15) is 4.90 Å². The van der Waals surface area contributed by atoms with E-state index in [2.05, 4.69) is 10.3 Å². The van der Waals surface area contributed by atoms with Crippen molar-refractivity contribution < 1.29 is 32.3 Å². The van der Waals surface area contributed by atoms with Gasteiger partial charge in [0.25, 0.3) is 0 Å². The van der Waals surface area contributed by atoms with Gasteiger partial charge in [-0.15, -0.1) is 0 Å². The SMILES string of the molecule is COC(=O)c1cc(NC(=O)C2CCN(S(=O)(=O)c3cccnc3)CC2)cc(C(=O)OC)c1. The van der Waals surface area contributed by atoms with Gasteiger partial charge in [0.15, 0.2) is 0 Å². The quantitative estimate of drug-likeness (QED) is 0.643. The molecule has 1 fully saturated rings. The highest BCUT2D eigenvalue weighted by atomic mass is 32.2. The average molecular weight is 461 g/mol. The molecule has 2 heterocycles. The minimum Gasteiger partial charge on any atom is -0.465 e. The smallest absolute Gasteiger partial charge is 0.337 e. The van der Waals surface area contributed by atoms with Gasteiger partial charge in [-0.25, -0.2) is 18.0 Å². The fourth-order valence-corrected chi connectivity index (χ4v) is 4.86. The number of carbonyl (C=O) groups excluding carboxylic acids is 3. The number of ether oxygens (including phenoxy) is 2. The number of aromatic nitrogens is 1. The van der Waals surface area contributed by atoms with Crippen LogP contribution in [0.25, 0.3) is 0 Å². The molecule has 0 saturated carbocycles. The van der Waals surface area contributed by atoms with Crippen molar-refractivity contribution in [2.45, 2.75) is 17.7 Å². The van der Waals surface area contributed by atoms with Gasteiger partial charge in [-0.3, -0.25) is 9.78 Å². The number of nitrogens with one attached hydrogen (secondary N) is 1. The Kier molecular flexibility index (Phi) is 7.21. The molecule has 2 aromatic rings. The van der Waals surface area contributed by atoms with E-state index in [0.29, 0.717) is 12.8 Å². The highest BCUT2D eigenvalue weighted by Crippen LogP contribution is 2.25. The maximum atomic E-state index is 12.8. The monoisotopic (exact) mass is 461 g/mol. The van der Waals surface area contributed by atoms with Gasteiger partial charge < -0.3 is 14.8 Å². The van der Waals surface area contributed by atoms with Crippen LogP contribution in [-0.4, -0.2) is 62.9 Å². The van der Waals surface area contributed by atoms with Crippen LogP contribution in [0.2, 0.25) is 0 Å². The van der Waals surface area contributed by atoms with Crippen LogP contribution in [0.4, 0.5) is 5.69 Å². The Bertz CT molecular complexity index is 1080. The molecule has 10 nitrogen and oxygen atoms in total. The minimum absolute atomic E-state index is 0.0862. The third kappa shape index (κ3) is 5.11. The van der Waals surface area contributed by atoms with E-state index in [-0.39, 0.29) is 40.7 Å². The minimum atomic E-state index is -3.67. The molecule has 0 spiro atoms. The van der Waals surface area contributed by atoms with Crippen molar-refractivity contribution in [1.82, 2.24) is 9.29 Å². The molecule has 11 heteroatoms. The third-order valence-electron chi connectivity index (χ3n) is 5.14. The van der Waals surface area contributed by atoms with Crippen LogP contribution in [0.3, 0.4) is 0 Å². The zero-order valence-corrected chi connectivity index (χ0v) is 18.4. The number of amides is 1. The number of anilines is 1. The van der Waals surface area contributed by atoms with Gasteiger partial charge in [-0.05, 0) is 43.2 Å². The molecule has 1 N–H and O–H groups in total. The Labute approximate surface area is 185 Å². The maximum absolute atomic E-state index is 12.8. The zero-order chi connectivity index (χ0) is 23.3. The number of piperidine rings is 1. The number of esters is 2. The Morgan fingerprint density at radius 2 is 1.62 bits per heavy atom. The second-order valence-corrected chi connectivity index (χ2v) is 9.08. The molecule has 170 valence electrons. The predicted octanol–water partition coefficient (Wildman–Crippen LogP) is 1.69. The third-order valence-corrected chi connectivity index (χ3v) is 7.02. The van der Waals surface area contributed by atoms with Crippen LogP contribution in [0.1, 0.15) is 33.6 Å². The van der Waals surface area contributed by atoms with Crippen molar-refractivity contribution in [3.8, 4) is 0 Å². The molecule has 0 unspecified atom stereocenters. The lowest BCUT2D eigenvalue weighted by Crippen LogP contribution is -2.41. The lowest BCUT2D eigenvalue weighted by molar-refractivity contribution is -0.120. The van der Waals surface area contributed by atoms with E-state index >= 15 is 0 Å². The largest absolute Gasteiger partial charge is 0.465 e. The second kappa shape index (κ2) is 9.88. The number of sulfonamides is 1. The molecule has 1 amide bonds. The summed E-state index contributed by atoms with van der Waals surface area (Å²) in [6.45, 7) is 0.371. The van der Waals surface area contributed by atoms with Gasteiger partial charge in [-0.2, -0.15) is 4.31 Å². The molecule has 1 aliphatic rings. The van der Waals surface area contributed by atoms with E-state index in [1.165, 1.54) is 55.2 Å². The molecule has 0 atom stereocenters. The first-order valence-corrected chi connectivity index (χ1v) is 11.2. The van der Waals surface area contributed by atoms with Crippen molar-refractivity contribution in [3.05, 3.63) is 53.9 Å². The van der Waals surface area contributed by atoms with Crippen LogP contribution < -0.4 is 5.32 Å². The summed E-state index contributed by atoms with van der Waals surface area (Å²) < 4.78 is 36.1. The Morgan fingerprint density at radius 3 is 2.12 bits per heavy atom. The number of methoxy groups -OCH3 is 2. The highest BCUT2D eigenvalue weighted by molar-refractivity contribution is 7.89. The summed E-state index contributed by atoms with van der Waals surface area (Å²) in [6.07, 6.45) is 3.44. The lowest BCUT2D eigenvalue weighted by atomic mass is 9.97. The summed E-state index contributed by atoms with van der Waals surface area (Å²) >= 11 is 0. The molecule has 1 saturated heterocycles. The predicted molar refractivity (Wildman–Crippen MR) is 113 cm³/mol. The van der Waals surface area contributed by atoms with Gasteiger partial charge in [0, 0.05) is 37.1 Å². The topological polar surface area (TPSA) is 132 Å². The van der Waals surface area contributed by atoms with Crippen LogP contribution in [-0.2, 0) is 24.3 Å². The molecular weight excluding hydrogens is 438 g/mol. The van der Waals surface area contributed by atoms with Gasteiger partial charge >= 0.3 is 11.9 Å². The van der Waals surface area contributed by atoms with Crippen LogP contribution in [0.15, 0.2) is 47.6 Å². The summed E-state index contributed by atoms with van der Waals surface area (Å²) in [7, 11) is -1.26. The van der Waals surface area contributed by atoms with E-state index in [9.17, 15) is 22.8 Å². The number of nitrogens with zero attached hydrogens (tertiary/aromatic N) is 2. The molecular formula is C21H23N3O7S. The van der Waals surface area contributed by atoms with E-state index in [0.717, 1.165) is 0 Å².